The van der Waals surface area contributed by atoms with E-state index in [0.29, 0.717) is 28.3 Å². The second-order valence-corrected chi connectivity index (χ2v) is 9.71. The van der Waals surface area contributed by atoms with Crippen molar-refractivity contribution in [2.24, 2.45) is 17.6 Å². The van der Waals surface area contributed by atoms with Crippen LogP contribution in [0.5, 0.6) is 11.5 Å². The first-order valence-electron chi connectivity index (χ1n) is 12.1. The zero-order chi connectivity index (χ0) is 25.2. The van der Waals surface area contributed by atoms with Gasteiger partial charge in [0.25, 0.3) is 0 Å². The molecule has 2 aromatic rings. The van der Waals surface area contributed by atoms with Gasteiger partial charge in [0.2, 0.25) is 30.4 Å². The molecule has 186 valence electrons. The number of likely N-dealkylation sites (tertiary alicyclic amines) is 1. The second kappa shape index (κ2) is 8.06. The predicted molar refractivity (Wildman–Crippen MR) is 127 cm³/mol. The molecular formula is C26H26N4O6. The van der Waals surface area contributed by atoms with E-state index in [1.165, 1.54) is 4.90 Å². The number of anilines is 1. The van der Waals surface area contributed by atoms with E-state index in [-0.39, 0.29) is 38.0 Å². The topological polar surface area (TPSA) is 140 Å². The monoisotopic (exact) mass is 490 g/mol. The Kier molecular flexibility index (Phi) is 5.04. The van der Waals surface area contributed by atoms with Crippen LogP contribution in [-0.2, 0) is 37.7 Å². The van der Waals surface area contributed by atoms with Gasteiger partial charge in [-0.1, -0.05) is 25.1 Å². The fourth-order valence-corrected chi connectivity index (χ4v) is 6.05. The Bertz CT molecular complexity index is 1330. The van der Waals surface area contributed by atoms with Gasteiger partial charge in [-0.25, -0.2) is 0 Å². The van der Waals surface area contributed by atoms with Crippen LogP contribution < -0.4 is 25.8 Å². The third-order valence-corrected chi connectivity index (χ3v) is 7.76. The molecule has 6 rings (SSSR count). The highest BCUT2D eigenvalue weighted by Gasteiger charge is 2.70. The molecule has 4 heterocycles. The lowest BCUT2D eigenvalue weighted by molar-refractivity contribution is -0.143. The van der Waals surface area contributed by atoms with E-state index in [2.05, 4.69) is 10.6 Å². The van der Waals surface area contributed by atoms with Crippen molar-refractivity contribution in [3.8, 4) is 11.5 Å². The summed E-state index contributed by atoms with van der Waals surface area (Å²) in [6, 6.07) is 10.4. The molecule has 10 nitrogen and oxygen atoms in total. The Hall–Kier alpha value is -3.92. The molecule has 0 unspecified atom stereocenters. The number of carbonyl (C=O) groups is 4. The van der Waals surface area contributed by atoms with Crippen LogP contribution >= 0.6 is 0 Å². The van der Waals surface area contributed by atoms with E-state index in [9.17, 15) is 19.2 Å². The van der Waals surface area contributed by atoms with E-state index < -0.39 is 35.2 Å². The molecule has 4 aliphatic rings. The number of benzene rings is 2. The Morgan fingerprint density at radius 1 is 1.08 bits per heavy atom. The molecule has 0 aromatic heterocycles. The summed E-state index contributed by atoms with van der Waals surface area (Å²) in [5.74, 6) is -2.23. The molecule has 1 spiro atoms. The van der Waals surface area contributed by atoms with Gasteiger partial charge in [0, 0.05) is 23.7 Å². The number of amides is 4. The van der Waals surface area contributed by atoms with Crippen LogP contribution in [0.2, 0.25) is 0 Å². The maximum absolute atomic E-state index is 13.9. The molecule has 4 amide bonds. The van der Waals surface area contributed by atoms with Crippen LogP contribution in [0, 0.1) is 11.8 Å². The molecule has 2 aromatic carbocycles. The molecule has 0 saturated carbocycles. The summed E-state index contributed by atoms with van der Waals surface area (Å²) in [5, 5.41) is 6.24. The fourth-order valence-electron chi connectivity index (χ4n) is 6.05. The van der Waals surface area contributed by atoms with E-state index >= 15 is 0 Å². The zero-order valence-electron chi connectivity index (χ0n) is 19.7. The molecule has 0 radical (unpaired) electrons. The molecule has 4 aliphatic heterocycles. The fraction of sp³-hybridized carbons (Fsp3) is 0.385. The molecule has 4 atom stereocenters. The molecule has 2 fully saturated rings. The number of imide groups is 1. The van der Waals surface area contributed by atoms with Gasteiger partial charge in [-0.15, -0.1) is 0 Å². The second-order valence-electron chi connectivity index (χ2n) is 9.71. The minimum Gasteiger partial charge on any atom is -0.454 e. The Labute approximate surface area is 207 Å². The van der Waals surface area contributed by atoms with Gasteiger partial charge in [-0.05, 0) is 42.2 Å². The normalized spacial score (nSPS) is 27.5. The van der Waals surface area contributed by atoms with E-state index in [0.717, 1.165) is 12.0 Å². The molecule has 0 bridgehead atoms. The van der Waals surface area contributed by atoms with Gasteiger partial charge in [-0.2, -0.15) is 0 Å². The average Bonchev–Trinajstić information content (AvgIpc) is 3.59. The maximum Gasteiger partial charge on any atom is 0.250 e. The number of nitrogens with one attached hydrogen (secondary N) is 2. The van der Waals surface area contributed by atoms with Crippen LogP contribution in [-0.4, -0.2) is 41.4 Å². The van der Waals surface area contributed by atoms with Crippen molar-refractivity contribution in [2.45, 2.75) is 44.3 Å². The summed E-state index contributed by atoms with van der Waals surface area (Å²) in [6.07, 6.45) is 1.02. The minimum atomic E-state index is -1.40. The van der Waals surface area contributed by atoms with Crippen LogP contribution in [0.25, 0.3) is 0 Å². The van der Waals surface area contributed by atoms with Crippen molar-refractivity contribution in [2.75, 3.05) is 12.1 Å². The first-order chi connectivity index (χ1) is 17.3. The van der Waals surface area contributed by atoms with Crippen molar-refractivity contribution in [1.82, 2.24) is 10.2 Å². The Morgan fingerprint density at radius 3 is 2.64 bits per heavy atom. The van der Waals surface area contributed by atoms with Crippen molar-refractivity contribution < 1.29 is 28.7 Å². The highest BCUT2D eigenvalue weighted by Crippen LogP contribution is 2.54. The highest BCUT2D eigenvalue weighted by molar-refractivity contribution is 6.15. The quantitative estimate of drug-likeness (QED) is 0.516. The van der Waals surface area contributed by atoms with Crippen LogP contribution in [0.3, 0.4) is 0 Å². The lowest BCUT2D eigenvalue weighted by atomic mass is 9.76. The smallest absolute Gasteiger partial charge is 0.250 e. The van der Waals surface area contributed by atoms with E-state index in [4.69, 9.17) is 15.2 Å². The third-order valence-electron chi connectivity index (χ3n) is 7.76. The Balaban J connectivity index is 1.41. The number of ether oxygens (including phenoxy) is 2. The van der Waals surface area contributed by atoms with Crippen molar-refractivity contribution in [3.05, 3.63) is 53.1 Å². The summed E-state index contributed by atoms with van der Waals surface area (Å²) in [6.45, 7) is 2.18. The molecular weight excluding hydrogens is 464 g/mol. The van der Waals surface area contributed by atoms with Gasteiger partial charge in [-0.3, -0.25) is 29.4 Å². The summed E-state index contributed by atoms with van der Waals surface area (Å²) in [4.78, 5) is 54.0. The predicted octanol–water partition coefficient (Wildman–Crippen LogP) is 1.16. The van der Waals surface area contributed by atoms with Gasteiger partial charge < -0.3 is 20.5 Å². The van der Waals surface area contributed by atoms with Gasteiger partial charge in [0.15, 0.2) is 11.5 Å². The standard InChI is InChI=1S/C26H26N4O6/c1-2-13-3-5-16-15(9-13)26(25(34)28-16)22-21(17(29-26)6-8-20(27)31)23(32)30(24(22)33)11-14-4-7-18-19(10-14)36-12-35-18/h3-5,7,9-10,17,21-22,29H,2,6,8,11-12H2,1H3,(H2,27,31)(H,28,34)/t17-,21-,22-,26+/m1/s1. The number of hydrogen-bond donors (Lipinski definition) is 3. The number of nitrogens with two attached hydrogens (primary N) is 1. The summed E-state index contributed by atoms with van der Waals surface area (Å²) < 4.78 is 10.8. The first kappa shape index (κ1) is 22.5. The Morgan fingerprint density at radius 2 is 1.86 bits per heavy atom. The summed E-state index contributed by atoms with van der Waals surface area (Å²) in [7, 11) is 0. The molecule has 4 N–H and O–H groups in total. The van der Waals surface area contributed by atoms with Gasteiger partial charge in [0.05, 0.1) is 18.4 Å². The number of hydrogen-bond acceptors (Lipinski definition) is 7. The van der Waals surface area contributed by atoms with E-state index in [1.807, 2.05) is 25.1 Å². The molecule has 2 saturated heterocycles. The maximum atomic E-state index is 13.9. The molecule has 36 heavy (non-hydrogen) atoms. The lowest BCUT2D eigenvalue weighted by Crippen LogP contribution is -2.53. The number of nitrogens with zero attached hydrogens (tertiary/aromatic N) is 1. The average molecular weight is 491 g/mol. The van der Waals surface area contributed by atoms with Gasteiger partial charge in [0.1, 0.15) is 5.54 Å². The molecule has 0 aliphatic carbocycles. The summed E-state index contributed by atoms with van der Waals surface area (Å²) >= 11 is 0. The van der Waals surface area contributed by atoms with Crippen LogP contribution in [0.4, 0.5) is 5.69 Å². The number of primary amides is 1. The SMILES string of the molecule is CCc1ccc2c(c1)[C@@]1(N[C@H](CCC(N)=O)[C@H]3C(=O)N(Cc4ccc5c(c4)OCO5)C(=O)[C@@H]31)C(=O)N2. The van der Waals surface area contributed by atoms with Crippen molar-refractivity contribution in [1.29, 1.82) is 0 Å². The van der Waals surface area contributed by atoms with Crippen LogP contribution in [0.15, 0.2) is 36.4 Å². The molecule has 10 heteroatoms. The highest BCUT2D eigenvalue weighted by atomic mass is 16.7. The van der Waals surface area contributed by atoms with Crippen LogP contribution in [0.1, 0.15) is 36.5 Å². The lowest BCUT2D eigenvalue weighted by Gasteiger charge is -2.29. The zero-order valence-corrected chi connectivity index (χ0v) is 19.7. The number of fused-ring (bicyclic) bond motifs is 5. The van der Waals surface area contributed by atoms with E-state index in [1.54, 1.807) is 18.2 Å². The number of rotatable bonds is 6. The number of aryl methyl sites for hydroxylation is 1. The van der Waals surface area contributed by atoms with Crippen molar-refractivity contribution in [3.63, 3.8) is 0 Å². The minimum absolute atomic E-state index is 0.0318. The third kappa shape index (κ3) is 3.13. The first-order valence-corrected chi connectivity index (χ1v) is 12.1. The van der Waals surface area contributed by atoms with Crippen molar-refractivity contribution >= 4 is 29.3 Å². The van der Waals surface area contributed by atoms with Gasteiger partial charge >= 0.3 is 0 Å². The summed E-state index contributed by atoms with van der Waals surface area (Å²) in [5.41, 5.74) is 7.00. The largest absolute Gasteiger partial charge is 0.454 e. The number of carbonyl (C=O) groups excluding carboxylic acids is 4.